The Kier molecular flexibility index (Phi) is 4.03. The van der Waals surface area contributed by atoms with E-state index in [1.165, 1.54) is 0 Å². The third kappa shape index (κ3) is 3.14. The summed E-state index contributed by atoms with van der Waals surface area (Å²) in [4.78, 5) is 0. The van der Waals surface area contributed by atoms with Gasteiger partial charge in [-0.2, -0.15) is 5.10 Å². The van der Waals surface area contributed by atoms with Gasteiger partial charge in [0.2, 0.25) is 0 Å². The number of furan rings is 1. The van der Waals surface area contributed by atoms with Crippen LogP contribution < -0.4 is 5.32 Å². The average molecular weight is 367 g/mol. The first-order chi connectivity index (χ1) is 10.1. The molecule has 0 spiro atoms. The molecule has 6 heteroatoms. The molecule has 0 radical (unpaired) electrons. The van der Waals surface area contributed by atoms with Crippen molar-refractivity contribution in [2.24, 2.45) is 0 Å². The van der Waals surface area contributed by atoms with Crippen molar-refractivity contribution in [2.45, 2.75) is 13.5 Å². The molecule has 0 atom stereocenters. The monoisotopic (exact) mass is 365 g/mol. The fourth-order valence-corrected chi connectivity index (χ4v) is 2.79. The number of nitrogens with zero attached hydrogens (tertiary/aromatic N) is 1. The van der Waals surface area contributed by atoms with Crippen LogP contribution in [0.4, 0.5) is 5.69 Å². The third-order valence-corrected chi connectivity index (χ3v) is 3.91. The number of aryl methyl sites for hydroxylation is 1. The SMILES string of the molecule is Cc1ccc(-c2[nH]ncc2CNc2ccc(Br)cc2Cl)o1. The molecule has 0 aliphatic heterocycles. The summed E-state index contributed by atoms with van der Waals surface area (Å²) in [6.45, 7) is 2.52. The molecule has 0 bridgehead atoms. The number of benzene rings is 1. The van der Waals surface area contributed by atoms with Crippen molar-refractivity contribution < 1.29 is 4.42 Å². The minimum atomic E-state index is 0.604. The molecule has 2 aromatic heterocycles. The van der Waals surface area contributed by atoms with Crippen molar-refractivity contribution in [2.75, 3.05) is 5.32 Å². The molecule has 0 aliphatic rings. The second kappa shape index (κ2) is 5.95. The molecule has 0 amide bonds. The maximum atomic E-state index is 6.20. The third-order valence-electron chi connectivity index (χ3n) is 3.11. The van der Waals surface area contributed by atoms with Crippen molar-refractivity contribution >= 4 is 33.2 Å². The number of aromatic amines is 1. The van der Waals surface area contributed by atoms with Crippen LogP contribution in [0.2, 0.25) is 5.02 Å². The molecule has 108 valence electrons. The van der Waals surface area contributed by atoms with Crippen LogP contribution >= 0.6 is 27.5 Å². The molecule has 2 N–H and O–H groups in total. The molecule has 0 saturated heterocycles. The van der Waals surface area contributed by atoms with E-state index in [9.17, 15) is 0 Å². The van der Waals surface area contributed by atoms with E-state index in [1.807, 2.05) is 37.3 Å². The van der Waals surface area contributed by atoms with Crippen LogP contribution in [-0.2, 0) is 6.54 Å². The molecule has 3 rings (SSSR count). The number of halogens is 2. The molecule has 2 heterocycles. The molecular formula is C15H13BrClN3O. The van der Waals surface area contributed by atoms with E-state index < -0.39 is 0 Å². The predicted molar refractivity (Wildman–Crippen MR) is 87.5 cm³/mol. The van der Waals surface area contributed by atoms with E-state index in [2.05, 4.69) is 31.4 Å². The van der Waals surface area contributed by atoms with E-state index >= 15 is 0 Å². The summed E-state index contributed by atoms with van der Waals surface area (Å²) in [6, 6.07) is 9.59. The number of hydrogen-bond acceptors (Lipinski definition) is 3. The number of H-pyrrole nitrogens is 1. The van der Waals surface area contributed by atoms with E-state index in [1.54, 1.807) is 6.20 Å². The summed E-state index contributed by atoms with van der Waals surface area (Å²) in [5.41, 5.74) is 2.77. The van der Waals surface area contributed by atoms with E-state index in [-0.39, 0.29) is 0 Å². The quantitative estimate of drug-likeness (QED) is 0.682. The fourth-order valence-electron chi connectivity index (χ4n) is 2.05. The highest BCUT2D eigenvalue weighted by atomic mass is 79.9. The first-order valence-electron chi connectivity index (χ1n) is 6.41. The summed E-state index contributed by atoms with van der Waals surface area (Å²) in [6.07, 6.45) is 1.78. The van der Waals surface area contributed by atoms with Crippen LogP contribution in [0, 0.1) is 6.92 Å². The minimum Gasteiger partial charge on any atom is -0.460 e. The molecule has 0 saturated carbocycles. The van der Waals surface area contributed by atoms with Crippen LogP contribution in [0.1, 0.15) is 11.3 Å². The van der Waals surface area contributed by atoms with Gasteiger partial charge in [-0.25, -0.2) is 0 Å². The van der Waals surface area contributed by atoms with Crippen LogP contribution in [-0.4, -0.2) is 10.2 Å². The van der Waals surface area contributed by atoms with Gasteiger partial charge in [-0.15, -0.1) is 0 Å². The van der Waals surface area contributed by atoms with Crippen LogP contribution in [0.5, 0.6) is 0 Å². The number of anilines is 1. The fraction of sp³-hybridized carbons (Fsp3) is 0.133. The van der Waals surface area contributed by atoms with Gasteiger partial charge < -0.3 is 9.73 Å². The Hall–Kier alpha value is -1.72. The van der Waals surface area contributed by atoms with Crippen molar-refractivity contribution in [1.82, 2.24) is 10.2 Å². The van der Waals surface area contributed by atoms with Crippen LogP contribution in [0.15, 0.2) is 45.4 Å². The Morgan fingerprint density at radius 2 is 2.19 bits per heavy atom. The highest BCUT2D eigenvalue weighted by Gasteiger charge is 2.11. The largest absolute Gasteiger partial charge is 0.460 e. The molecule has 21 heavy (non-hydrogen) atoms. The lowest BCUT2D eigenvalue weighted by atomic mass is 10.2. The summed E-state index contributed by atoms with van der Waals surface area (Å²) in [7, 11) is 0. The topological polar surface area (TPSA) is 53.9 Å². The van der Waals surface area contributed by atoms with Crippen LogP contribution in [0.25, 0.3) is 11.5 Å². The molecule has 0 aliphatic carbocycles. The van der Waals surface area contributed by atoms with Gasteiger partial charge >= 0.3 is 0 Å². The predicted octanol–water partition coefficient (Wildman–Crippen LogP) is 5.01. The molecule has 4 nitrogen and oxygen atoms in total. The second-order valence-corrected chi connectivity index (χ2v) is 5.98. The molecule has 1 aromatic carbocycles. The Balaban J connectivity index is 1.79. The highest BCUT2D eigenvalue weighted by molar-refractivity contribution is 9.10. The second-order valence-electron chi connectivity index (χ2n) is 4.66. The Labute approximate surface area is 135 Å². The van der Waals surface area contributed by atoms with Gasteiger partial charge in [-0.3, -0.25) is 5.10 Å². The van der Waals surface area contributed by atoms with Gasteiger partial charge in [0, 0.05) is 16.6 Å². The molecule has 3 aromatic rings. The summed E-state index contributed by atoms with van der Waals surface area (Å²) >= 11 is 9.59. The Morgan fingerprint density at radius 1 is 1.33 bits per heavy atom. The van der Waals surface area contributed by atoms with Gasteiger partial charge in [0.1, 0.15) is 11.5 Å². The zero-order chi connectivity index (χ0) is 14.8. The van der Waals surface area contributed by atoms with Crippen molar-refractivity contribution in [1.29, 1.82) is 0 Å². The number of nitrogens with one attached hydrogen (secondary N) is 2. The molecule has 0 fully saturated rings. The zero-order valence-electron chi connectivity index (χ0n) is 11.3. The van der Waals surface area contributed by atoms with Gasteiger partial charge in [-0.1, -0.05) is 27.5 Å². The lowest BCUT2D eigenvalue weighted by molar-refractivity contribution is 0.545. The molecule has 0 unspecified atom stereocenters. The number of aromatic nitrogens is 2. The Morgan fingerprint density at radius 3 is 2.90 bits per heavy atom. The lowest BCUT2D eigenvalue weighted by Crippen LogP contribution is -2.00. The maximum absolute atomic E-state index is 6.20. The molecular weight excluding hydrogens is 354 g/mol. The highest BCUT2D eigenvalue weighted by Crippen LogP contribution is 2.28. The number of rotatable bonds is 4. The van der Waals surface area contributed by atoms with Gasteiger partial charge in [0.15, 0.2) is 5.76 Å². The van der Waals surface area contributed by atoms with Crippen molar-refractivity contribution in [3.05, 3.63) is 57.3 Å². The first-order valence-corrected chi connectivity index (χ1v) is 7.58. The first kappa shape index (κ1) is 14.2. The van der Waals surface area contributed by atoms with Crippen molar-refractivity contribution in [3.63, 3.8) is 0 Å². The van der Waals surface area contributed by atoms with Crippen LogP contribution in [0.3, 0.4) is 0 Å². The number of hydrogen-bond donors (Lipinski definition) is 2. The average Bonchev–Trinajstić information content (AvgIpc) is 3.06. The standard InChI is InChI=1S/C15H13BrClN3O/c1-9-2-5-14(21-9)15-10(8-19-20-15)7-18-13-4-3-11(16)6-12(13)17/h2-6,8,18H,7H2,1H3,(H,19,20). The van der Waals surface area contributed by atoms with Crippen molar-refractivity contribution in [3.8, 4) is 11.5 Å². The van der Waals surface area contributed by atoms with Gasteiger partial charge in [0.25, 0.3) is 0 Å². The smallest absolute Gasteiger partial charge is 0.152 e. The van der Waals surface area contributed by atoms with Gasteiger partial charge in [0.05, 0.1) is 16.9 Å². The van der Waals surface area contributed by atoms with Gasteiger partial charge in [-0.05, 0) is 37.3 Å². The van der Waals surface area contributed by atoms with E-state index in [0.717, 1.165) is 32.9 Å². The maximum Gasteiger partial charge on any atom is 0.152 e. The lowest BCUT2D eigenvalue weighted by Gasteiger charge is -2.08. The Bertz CT molecular complexity index is 766. The van der Waals surface area contributed by atoms with E-state index in [0.29, 0.717) is 11.6 Å². The zero-order valence-corrected chi connectivity index (χ0v) is 13.6. The normalized spacial score (nSPS) is 10.8. The summed E-state index contributed by atoms with van der Waals surface area (Å²) in [5, 5.41) is 11.0. The minimum absolute atomic E-state index is 0.604. The van der Waals surface area contributed by atoms with E-state index in [4.69, 9.17) is 16.0 Å². The summed E-state index contributed by atoms with van der Waals surface area (Å²) < 4.78 is 6.58. The summed E-state index contributed by atoms with van der Waals surface area (Å²) in [5.74, 6) is 1.65.